The molecule has 1 aromatic rings. The Morgan fingerprint density at radius 3 is 2.45 bits per heavy atom. The highest BCUT2D eigenvalue weighted by molar-refractivity contribution is 5.94. The van der Waals surface area contributed by atoms with Crippen LogP contribution in [0.15, 0.2) is 24.3 Å². The number of carbonyl (C=O) groups is 2. The van der Waals surface area contributed by atoms with Crippen LogP contribution in [0.2, 0.25) is 0 Å². The highest BCUT2D eigenvalue weighted by atomic mass is 35.5. The van der Waals surface area contributed by atoms with E-state index in [0.717, 1.165) is 0 Å². The zero-order valence-electron chi connectivity index (χ0n) is 17.2. The van der Waals surface area contributed by atoms with E-state index in [1.807, 2.05) is 20.8 Å². The fraction of sp³-hybridized carbons (Fsp3) is 0.619. The normalized spacial score (nSPS) is 26.2. The highest BCUT2D eigenvalue weighted by Gasteiger charge is 2.63. The van der Waals surface area contributed by atoms with Gasteiger partial charge < -0.3 is 20.7 Å². The summed E-state index contributed by atoms with van der Waals surface area (Å²) in [5.74, 6) is -0.978. The van der Waals surface area contributed by atoms with Crippen molar-refractivity contribution >= 4 is 24.2 Å². The van der Waals surface area contributed by atoms with Gasteiger partial charge in [-0.1, -0.05) is 26.0 Å². The van der Waals surface area contributed by atoms with E-state index in [9.17, 15) is 14.0 Å². The number of nitrogens with two attached hydrogens (primary N) is 1. The minimum atomic E-state index is -0.951. The predicted molar refractivity (Wildman–Crippen MR) is 111 cm³/mol. The molecule has 1 saturated heterocycles. The van der Waals surface area contributed by atoms with E-state index in [0.29, 0.717) is 39.0 Å². The van der Waals surface area contributed by atoms with Gasteiger partial charge in [-0.05, 0) is 31.9 Å². The fourth-order valence-corrected chi connectivity index (χ4v) is 4.17. The number of halogens is 2. The Morgan fingerprint density at radius 2 is 1.90 bits per heavy atom. The van der Waals surface area contributed by atoms with Crippen molar-refractivity contribution in [3.05, 3.63) is 35.6 Å². The van der Waals surface area contributed by atoms with Crippen molar-refractivity contribution in [1.29, 1.82) is 0 Å². The average Bonchev–Trinajstić information content (AvgIpc) is 2.68. The van der Waals surface area contributed by atoms with E-state index < -0.39 is 16.8 Å². The first-order valence-electron chi connectivity index (χ1n) is 9.96. The minimum absolute atomic E-state index is 0. The number of ether oxygens (including phenoxy) is 1. The smallest absolute Gasteiger partial charge is 0.256 e. The number of carbonyl (C=O) groups excluding carboxylic acids is 2. The van der Waals surface area contributed by atoms with E-state index in [1.165, 1.54) is 12.1 Å². The third kappa shape index (κ3) is 4.27. The number of likely N-dealkylation sites (tertiary alicyclic amines) is 1. The van der Waals surface area contributed by atoms with Crippen LogP contribution in [0.4, 0.5) is 4.39 Å². The van der Waals surface area contributed by atoms with Crippen LogP contribution in [0, 0.1) is 11.2 Å². The molecule has 1 aliphatic carbocycles. The Balaban J connectivity index is 0.00000300. The van der Waals surface area contributed by atoms with Crippen LogP contribution in [0.5, 0.6) is 0 Å². The molecule has 2 fully saturated rings. The molecular weight excluding hydrogens is 397 g/mol. The summed E-state index contributed by atoms with van der Waals surface area (Å²) in [6.45, 7) is 7.41. The summed E-state index contributed by atoms with van der Waals surface area (Å²) in [6, 6.07) is 5.96. The Morgan fingerprint density at radius 1 is 1.28 bits per heavy atom. The minimum Gasteiger partial charge on any atom is -0.378 e. The summed E-state index contributed by atoms with van der Waals surface area (Å²) >= 11 is 0. The molecule has 2 aliphatic rings. The van der Waals surface area contributed by atoms with Gasteiger partial charge in [0.05, 0.1) is 11.7 Å². The molecule has 3 N–H and O–H groups in total. The maximum Gasteiger partial charge on any atom is 0.256 e. The Labute approximate surface area is 177 Å². The van der Waals surface area contributed by atoms with Gasteiger partial charge >= 0.3 is 0 Å². The van der Waals surface area contributed by atoms with Gasteiger partial charge in [-0.15, -0.1) is 12.4 Å². The summed E-state index contributed by atoms with van der Waals surface area (Å²) in [5, 5.41) is 3.06. The first-order chi connectivity index (χ1) is 13.2. The van der Waals surface area contributed by atoms with Crippen molar-refractivity contribution in [2.24, 2.45) is 11.1 Å². The number of piperidine rings is 1. The SMILES string of the molecule is CCOC1CC(N)(C(=O)NC2CCN(C(=O)c3ccccc3F)CC2)C1(C)C.Cl. The van der Waals surface area contributed by atoms with Crippen LogP contribution in [-0.2, 0) is 9.53 Å². The number of benzene rings is 1. The lowest BCUT2D eigenvalue weighted by Gasteiger charge is -2.57. The van der Waals surface area contributed by atoms with Crippen molar-refractivity contribution < 1.29 is 18.7 Å². The number of hydrogen-bond acceptors (Lipinski definition) is 4. The largest absolute Gasteiger partial charge is 0.378 e. The van der Waals surface area contributed by atoms with Gasteiger partial charge in [0.15, 0.2) is 0 Å². The topological polar surface area (TPSA) is 84.7 Å². The van der Waals surface area contributed by atoms with E-state index in [4.69, 9.17) is 10.5 Å². The zero-order valence-corrected chi connectivity index (χ0v) is 18.1. The number of rotatable bonds is 5. The second-order valence-electron chi connectivity index (χ2n) is 8.36. The van der Waals surface area contributed by atoms with Crippen LogP contribution in [0.1, 0.15) is 50.4 Å². The van der Waals surface area contributed by atoms with E-state index in [-0.39, 0.29) is 41.9 Å². The van der Waals surface area contributed by atoms with Crippen LogP contribution >= 0.6 is 12.4 Å². The lowest BCUT2D eigenvalue weighted by atomic mass is 9.54. The predicted octanol–water partition coefficient (Wildman–Crippen LogP) is 2.50. The summed E-state index contributed by atoms with van der Waals surface area (Å²) in [6.07, 6.45) is 1.73. The van der Waals surface area contributed by atoms with E-state index in [1.54, 1.807) is 17.0 Å². The molecule has 0 bridgehead atoms. The molecule has 2 unspecified atom stereocenters. The molecule has 29 heavy (non-hydrogen) atoms. The molecule has 2 atom stereocenters. The zero-order chi connectivity index (χ0) is 20.5. The molecule has 1 saturated carbocycles. The maximum absolute atomic E-state index is 13.9. The first kappa shape index (κ1) is 23.6. The molecule has 0 spiro atoms. The van der Waals surface area contributed by atoms with Crippen molar-refractivity contribution in [3.8, 4) is 0 Å². The Bertz CT molecular complexity index is 752. The third-order valence-corrected chi connectivity index (χ3v) is 6.46. The molecule has 3 rings (SSSR count). The Kier molecular flexibility index (Phi) is 7.30. The monoisotopic (exact) mass is 427 g/mol. The van der Waals surface area contributed by atoms with Gasteiger partial charge in [-0.25, -0.2) is 4.39 Å². The molecule has 6 nitrogen and oxygen atoms in total. The average molecular weight is 428 g/mol. The van der Waals surface area contributed by atoms with Crippen molar-refractivity contribution in [2.75, 3.05) is 19.7 Å². The van der Waals surface area contributed by atoms with Crippen LogP contribution in [-0.4, -0.2) is 54.1 Å². The summed E-state index contributed by atoms with van der Waals surface area (Å²) in [5.41, 5.74) is 5.13. The lowest BCUT2D eigenvalue weighted by molar-refractivity contribution is -0.171. The first-order valence-corrected chi connectivity index (χ1v) is 9.96. The van der Waals surface area contributed by atoms with Gasteiger partial charge in [-0.2, -0.15) is 0 Å². The molecule has 2 amide bonds. The molecule has 162 valence electrons. The summed E-state index contributed by atoms with van der Waals surface area (Å²) in [4.78, 5) is 27.0. The second kappa shape index (κ2) is 8.98. The summed E-state index contributed by atoms with van der Waals surface area (Å²) < 4.78 is 19.5. The number of nitrogens with one attached hydrogen (secondary N) is 1. The van der Waals surface area contributed by atoms with Gasteiger partial charge in [0.25, 0.3) is 5.91 Å². The van der Waals surface area contributed by atoms with Crippen molar-refractivity contribution in [2.45, 2.75) is 57.7 Å². The molecule has 1 aliphatic heterocycles. The standard InChI is InChI=1S/C21H30FN3O3.ClH/c1-4-28-17-13-21(23,20(17,2)3)19(27)24-14-9-11-25(12-10-14)18(26)15-7-5-6-8-16(15)22;/h5-8,14,17H,4,9-13,23H2,1-3H3,(H,24,27);1H. The van der Waals surface area contributed by atoms with Crippen molar-refractivity contribution in [3.63, 3.8) is 0 Å². The lowest BCUT2D eigenvalue weighted by Crippen LogP contribution is -2.76. The molecule has 1 aromatic carbocycles. The van der Waals surface area contributed by atoms with Crippen molar-refractivity contribution in [1.82, 2.24) is 10.2 Å². The number of nitrogens with zero attached hydrogens (tertiary/aromatic N) is 1. The van der Waals surface area contributed by atoms with Crippen LogP contribution in [0.3, 0.4) is 0 Å². The summed E-state index contributed by atoms with van der Waals surface area (Å²) in [7, 11) is 0. The molecular formula is C21H31ClFN3O3. The van der Waals surface area contributed by atoms with Gasteiger partial charge in [0.2, 0.25) is 5.91 Å². The van der Waals surface area contributed by atoms with Crippen LogP contribution < -0.4 is 11.1 Å². The van der Waals surface area contributed by atoms with E-state index in [2.05, 4.69) is 5.32 Å². The van der Waals surface area contributed by atoms with Gasteiger partial charge in [-0.3, -0.25) is 9.59 Å². The van der Waals surface area contributed by atoms with Gasteiger partial charge in [0.1, 0.15) is 11.4 Å². The quantitative estimate of drug-likeness (QED) is 0.756. The van der Waals surface area contributed by atoms with E-state index >= 15 is 0 Å². The third-order valence-electron chi connectivity index (χ3n) is 6.46. The molecule has 1 heterocycles. The molecule has 8 heteroatoms. The highest BCUT2D eigenvalue weighted by Crippen LogP contribution is 2.49. The fourth-order valence-electron chi connectivity index (χ4n) is 4.17. The second-order valence-corrected chi connectivity index (χ2v) is 8.36. The molecule has 0 radical (unpaired) electrons. The maximum atomic E-state index is 13.9. The number of amides is 2. The Hall–Kier alpha value is -1.70. The van der Waals surface area contributed by atoms with Gasteiger partial charge in [0, 0.05) is 37.6 Å². The number of hydrogen-bond donors (Lipinski definition) is 2. The van der Waals surface area contributed by atoms with Crippen LogP contribution in [0.25, 0.3) is 0 Å². The molecule has 0 aromatic heterocycles.